The Balaban J connectivity index is 2.86. The maximum Gasteiger partial charge on any atom is 0.446 e. The first kappa shape index (κ1) is 13.0. The van der Waals surface area contributed by atoms with E-state index in [1.54, 1.807) is 0 Å². The first-order valence-electron chi connectivity index (χ1n) is 3.93. The van der Waals surface area contributed by atoms with Gasteiger partial charge in [-0.1, -0.05) is 0 Å². The Morgan fingerprint density at radius 1 is 1.38 bits per heavy atom. The van der Waals surface area contributed by atoms with Gasteiger partial charge in [-0.3, -0.25) is 9.52 Å². The number of nitrogens with one attached hydrogen (secondary N) is 1. The SMILES string of the molecule is Nc1ccc(SNC=O)cc1SC(F)(F)F. The molecule has 0 bridgehead atoms. The van der Waals surface area contributed by atoms with E-state index in [2.05, 4.69) is 4.72 Å². The number of amides is 1. The fourth-order valence-corrected chi connectivity index (χ4v) is 2.08. The third-order valence-corrected chi connectivity index (χ3v) is 2.94. The molecule has 0 atom stereocenters. The molecule has 3 N–H and O–H groups in total. The maximum absolute atomic E-state index is 12.1. The second-order valence-electron chi connectivity index (χ2n) is 2.59. The summed E-state index contributed by atoms with van der Waals surface area (Å²) in [5.74, 6) is 0. The van der Waals surface area contributed by atoms with Crippen molar-refractivity contribution in [3.8, 4) is 0 Å². The summed E-state index contributed by atoms with van der Waals surface area (Å²) in [6.07, 6.45) is 0.442. The number of nitrogen functional groups attached to an aromatic ring is 1. The van der Waals surface area contributed by atoms with Crippen LogP contribution in [0.5, 0.6) is 0 Å². The topological polar surface area (TPSA) is 55.1 Å². The van der Waals surface area contributed by atoms with Gasteiger partial charge in [-0.15, -0.1) is 0 Å². The van der Waals surface area contributed by atoms with Gasteiger partial charge >= 0.3 is 5.51 Å². The van der Waals surface area contributed by atoms with Gasteiger partial charge in [0.15, 0.2) is 0 Å². The zero-order chi connectivity index (χ0) is 12.2. The molecule has 3 nitrogen and oxygen atoms in total. The number of hydrogen-bond acceptors (Lipinski definition) is 4. The summed E-state index contributed by atoms with van der Waals surface area (Å²) in [6.45, 7) is 0. The van der Waals surface area contributed by atoms with Crippen molar-refractivity contribution in [1.29, 1.82) is 0 Å². The van der Waals surface area contributed by atoms with Crippen LogP contribution >= 0.6 is 23.7 Å². The molecule has 1 amide bonds. The van der Waals surface area contributed by atoms with Crippen LogP contribution in [-0.2, 0) is 4.79 Å². The van der Waals surface area contributed by atoms with Gasteiger partial charge in [0.2, 0.25) is 6.41 Å². The molecule has 1 aromatic carbocycles. The van der Waals surface area contributed by atoms with E-state index in [0.717, 1.165) is 11.9 Å². The third-order valence-electron chi connectivity index (χ3n) is 1.44. The van der Waals surface area contributed by atoms with Gasteiger partial charge in [-0.25, -0.2) is 0 Å². The van der Waals surface area contributed by atoms with Crippen LogP contribution in [0.25, 0.3) is 0 Å². The number of benzene rings is 1. The number of nitrogens with two attached hydrogens (primary N) is 1. The fourth-order valence-electron chi connectivity index (χ4n) is 0.883. The molecule has 0 aliphatic carbocycles. The van der Waals surface area contributed by atoms with Gasteiger partial charge < -0.3 is 5.73 Å². The minimum atomic E-state index is -4.38. The molecular formula is C8H7F3N2OS2. The van der Waals surface area contributed by atoms with Crippen molar-refractivity contribution in [2.45, 2.75) is 15.3 Å². The standard InChI is InChI=1S/C8H7F3N2OS2/c9-8(10,11)15-7-3-5(16-13-4-14)1-2-6(7)12/h1-4H,12H2,(H,13,14). The number of rotatable bonds is 4. The summed E-state index contributed by atoms with van der Waals surface area (Å²) in [5.41, 5.74) is 1.08. The van der Waals surface area contributed by atoms with Crippen LogP contribution in [0.2, 0.25) is 0 Å². The van der Waals surface area contributed by atoms with E-state index in [1.165, 1.54) is 18.2 Å². The highest BCUT2D eigenvalue weighted by Gasteiger charge is 2.30. The van der Waals surface area contributed by atoms with Gasteiger partial charge in [0.1, 0.15) is 0 Å². The highest BCUT2D eigenvalue weighted by molar-refractivity contribution is 8.00. The van der Waals surface area contributed by atoms with Crippen molar-refractivity contribution >= 4 is 35.8 Å². The molecular weight excluding hydrogens is 261 g/mol. The lowest BCUT2D eigenvalue weighted by molar-refractivity contribution is -0.107. The van der Waals surface area contributed by atoms with E-state index >= 15 is 0 Å². The van der Waals surface area contributed by atoms with Crippen LogP contribution in [0.1, 0.15) is 0 Å². The molecule has 0 heterocycles. The fraction of sp³-hybridized carbons (Fsp3) is 0.125. The lowest BCUT2D eigenvalue weighted by Gasteiger charge is -2.09. The molecule has 0 aliphatic rings. The minimum absolute atomic E-state index is 0.0535. The second-order valence-corrected chi connectivity index (χ2v) is 4.60. The largest absolute Gasteiger partial charge is 0.446 e. The van der Waals surface area contributed by atoms with E-state index in [1.807, 2.05) is 0 Å². The average Bonchev–Trinajstić information content (AvgIpc) is 2.17. The lowest BCUT2D eigenvalue weighted by atomic mass is 10.3. The molecule has 16 heavy (non-hydrogen) atoms. The molecule has 0 saturated carbocycles. The van der Waals surface area contributed by atoms with Crippen LogP contribution < -0.4 is 10.5 Å². The van der Waals surface area contributed by atoms with Gasteiger partial charge in [-0.05, 0) is 41.9 Å². The highest BCUT2D eigenvalue weighted by Crippen LogP contribution is 2.40. The molecule has 0 aromatic heterocycles. The normalized spacial score (nSPS) is 11.2. The van der Waals surface area contributed by atoms with Gasteiger partial charge in [0.05, 0.1) is 0 Å². The Kier molecular flexibility index (Phi) is 4.36. The smallest absolute Gasteiger partial charge is 0.398 e. The second kappa shape index (κ2) is 5.35. The van der Waals surface area contributed by atoms with Crippen molar-refractivity contribution in [3.05, 3.63) is 18.2 Å². The van der Waals surface area contributed by atoms with Crippen LogP contribution in [0.15, 0.2) is 28.0 Å². The van der Waals surface area contributed by atoms with Gasteiger partial charge in [-0.2, -0.15) is 13.2 Å². The number of carbonyl (C=O) groups is 1. The summed E-state index contributed by atoms with van der Waals surface area (Å²) in [6, 6.07) is 4.16. The minimum Gasteiger partial charge on any atom is -0.398 e. The summed E-state index contributed by atoms with van der Waals surface area (Å²) in [7, 11) is 0. The number of carbonyl (C=O) groups excluding carboxylic acids is 1. The molecule has 0 unspecified atom stereocenters. The Bertz CT molecular complexity index is 384. The first-order chi connectivity index (χ1) is 7.42. The van der Waals surface area contributed by atoms with Gasteiger partial charge in [0, 0.05) is 15.5 Å². The zero-order valence-electron chi connectivity index (χ0n) is 7.75. The molecule has 8 heteroatoms. The van der Waals surface area contributed by atoms with Crippen molar-refractivity contribution in [3.63, 3.8) is 0 Å². The van der Waals surface area contributed by atoms with Crippen LogP contribution in [0.3, 0.4) is 0 Å². The zero-order valence-corrected chi connectivity index (χ0v) is 9.38. The van der Waals surface area contributed by atoms with E-state index < -0.39 is 5.51 Å². The first-order valence-corrected chi connectivity index (χ1v) is 5.57. The summed E-state index contributed by atoms with van der Waals surface area (Å²) < 4.78 is 38.7. The Hall–Kier alpha value is -1.02. The van der Waals surface area contributed by atoms with Crippen molar-refractivity contribution in [2.75, 3.05) is 5.73 Å². The lowest BCUT2D eigenvalue weighted by Crippen LogP contribution is -2.02. The van der Waals surface area contributed by atoms with Crippen LogP contribution in [-0.4, -0.2) is 11.9 Å². The quantitative estimate of drug-likeness (QED) is 0.381. The summed E-state index contributed by atoms with van der Waals surface area (Å²) >= 11 is 0.636. The molecule has 0 radical (unpaired) electrons. The van der Waals surface area contributed by atoms with Crippen LogP contribution in [0, 0.1) is 0 Å². The number of halogens is 3. The van der Waals surface area contributed by atoms with E-state index in [4.69, 9.17) is 5.73 Å². The Labute approximate surface area is 98.1 Å². The molecule has 0 spiro atoms. The molecule has 1 rings (SSSR count). The predicted molar refractivity (Wildman–Crippen MR) is 57.8 cm³/mol. The maximum atomic E-state index is 12.1. The van der Waals surface area contributed by atoms with E-state index in [9.17, 15) is 18.0 Å². The predicted octanol–water partition coefficient (Wildman–Crippen LogP) is 2.63. The number of thioether (sulfide) groups is 1. The number of hydrogen-bond donors (Lipinski definition) is 2. The Morgan fingerprint density at radius 2 is 2.06 bits per heavy atom. The number of anilines is 1. The molecule has 88 valence electrons. The van der Waals surface area contributed by atoms with E-state index in [0.29, 0.717) is 11.3 Å². The van der Waals surface area contributed by atoms with Gasteiger partial charge in [0.25, 0.3) is 0 Å². The molecule has 0 saturated heterocycles. The monoisotopic (exact) mass is 268 g/mol. The Morgan fingerprint density at radius 3 is 2.62 bits per heavy atom. The van der Waals surface area contributed by atoms with Crippen LogP contribution in [0.4, 0.5) is 18.9 Å². The van der Waals surface area contributed by atoms with E-state index in [-0.39, 0.29) is 22.3 Å². The van der Waals surface area contributed by atoms with Crippen molar-refractivity contribution in [2.24, 2.45) is 0 Å². The summed E-state index contributed by atoms with van der Waals surface area (Å²) in [5, 5.41) is 0. The molecule has 1 aromatic rings. The molecule has 0 aliphatic heterocycles. The highest BCUT2D eigenvalue weighted by atomic mass is 32.2. The average molecular weight is 268 g/mol. The molecule has 0 fully saturated rings. The van der Waals surface area contributed by atoms with Crippen molar-refractivity contribution < 1.29 is 18.0 Å². The third kappa shape index (κ3) is 4.23. The number of alkyl halides is 3. The van der Waals surface area contributed by atoms with Crippen molar-refractivity contribution in [1.82, 2.24) is 4.72 Å². The summed E-state index contributed by atoms with van der Waals surface area (Å²) in [4.78, 5) is 10.4.